The molecule has 0 fully saturated rings. The molecule has 7 heteroatoms. The van der Waals surface area contributed by atoms with E-state index in [9.17, 15) is 0 Å². The quantitative estimate of drug-likeness (QED) is 0.107. The minimum atomic E-state index is -1.86. The molecule has 0 aliphatic rings. The molecule has 0 bridgehead atoms. The first-order chi connectivity index (χ1) is 31.3. The van der Waals surface area contributed by atoms with Crippen LogP contribution in [-0.2, 0) is 26.5 Å². The van der Waals surface area contributed by atoms with Gasteiger partial charge in [0, 0.05) is 47.6 Å². The summed E-state index contributed by atoms with van der Waals surface area (Å²) >= 11 is -1.86. The molecule has 335 valence electrons. The van der Waals surface area contributed by atoms with Crippen LogP contribution in [0.2, 0.25) is 17.3 Å². The molecule has 5 nitrogen and oxygen atoms in total. The Bertz CT molecular complexity index is 3300. The van der Waals surface area contributed by atoms with Crippen molar-refractivity contribution in [3.05, 3.63) is 174 Å². The van der Waals surface area contributed by atoms with Gasteiger partial charge in [0.2, 0.25) is 0 Å². The van der Waals surface area contributed by atoms with Crippen molar-refractivity contribution >= 4 is 61.5 Å². The average Bonchev–Trinajstić information content (AvgIpc) is 3.87. The van der Waals surface area contributed by atoms with Gasteiger partial charge < -0.3 is 8.98 Å². The maximum Gasteiger partial charge on any atom is 0.169 e. The van der Waals surface area contributed by atoms with Crippen LogP contribution in [0.3, 0.4) is 0 Å². The Balaban J connectivity index is 0.000000238. The van der Waals surface area contributed by atoms with Crippen molar-refractivity contribution in [2.45, 2.75) is 84.0 Å². The van der Waals surface area contributed by atoms with Gasteiger partial charge in [-0.1, -0.05) is 111 Å². The predicted molar refractivity (Wildman–Crippen MR) is 276 cm³/mol. The zero-order valence-corrected chi connectivity index (χ0v) is 44.2. The second kappa shape index (κ2) is 19.3. The molecular formula is C59H58GeIrN4O-2. The van der Waals surface area contributed by atoms with Crippen molar-refractivity contribution in [1.29, 1.82) is 0 Å². The van der Waals surface area contributed by atoms with Gasteiger partial charge in [-0.25, -0.2) is 4.98 Å². The van der Waals surface area contributed by atoms with Gasteiger partial charge in [-0.15, -0.1) is 18.2 Å². The monoisotopic (exact) mass is 1110 g/mol. The fourth-order valence-electron chi connectivity index (χ4n) is 9.29. The number of fused-ring (bicyclic) bond motifs is 6. The third-order valence-corrected chi connectivity index (χ3v) is 16.8. The fourth-order valence-corrected chi connectivity index (χ4v) is 12.6. The topological polar surface area (TPSA) is 56.7 Å². The van der Waals surface area contributed by atoms with Crippen LogP contribution >= 0.6 is 0 Å². The average molecular weight is 1100 g/mol. The third-order valence-electron chi connectivity index (χ3n) is 12.4. The molecule has 6 aromatic carbocycles. The molecule has 66 heavy (non-hydrogen) atoms. The van der Waals surface area contributed by atoms with E-state index in [1.54, 1.807) is 4.40 Å². The number of imidazole rings is 1. The summed E-state index contributed by atoms with van der Waals surface area (Å²) in [6.45, 7) is 15.8. The van der Waals surface area contributed by atoms with Gasteiger partial charge >= 0.3 is 126 Å². The second-order valence-electron chi connectivity index (χ2n) is 19.4. The number of aryl methyl sites for hydroxylation is 1. The van der Waals surface area contributed by atoms with E-state index in [-0.39, 0.29) is 31.9 Å². The number of aromatic nitrogens is 4. The largest absolute Gasteiger partial charge is 0.501 e. The van der Waals surface area contributed by atoms with Gasteiger partial charge in [-0.3, -0.25) is 4.98 Å². The fraction of sp³-hybridized carbons (Fsp3) is 0.237. The summed E-state index contributed by atoms with van der Waals surface area (Å²) in [7, 11) is 0. The first kappa shape index (κ1) is 46.9. The van der Waals surface area contributed by atoms with Crippen molar-refractivity contribution in [3.8, 4) is 39.5 Å². The van der Waals surface area contributed by atoms with E-state index in [0.29, 0.717) is 5.92 Å². The van der Waals surface area contributed by atoms with E-state index in [2.05, 4.69) is 186 Å². The SMILES string of the molecule is CC(C)Cc1cc(-c2[c-]cccc2)nc[c]1[Ge]([CH3])([CH3])[CH3].Cc1nc2nc(-c3[c-]ccc4c3oc3ccccc34)n(-c3c(C(C)C)cc(-c4ccccc4)cc3C(C)C)c2c2ccccc12.[Ir]. The van der Waals surface area contributed by atoms with Gasteiger partial charge in [0.05, 0.1) is 16.9 Å². The van der Waals surface area contributed by atoms with Gasteiger partial charge in [-0.2, -0.15) is 0 Å². The maximum atomic E-state index is 6.56. The normalized spacial score (nSPS) is 11.8. The summed E-state index contributed by atoms with van der Waals surface area (Å²) in [5.41, 5.74) is 14.9. The second-order valence-corrected chi connectivity index (χ2v) is 30.0. The number of benzene rings is 6. The Morgan fingerprint density at radius 3 is 1.95 bits per heavy atom. The zero-order chi connectivity index (χ0) is 45.6. The first-order valence-electron chi connectivity index (χ1n) is 23.1. The number of hydrogen-bond acceptors (Lipinski definition) is 4. The number of furan rings is 1. The van der Waals surface area contributed by atoms with Crippen LogP contribution in [0.25, 0.3) is 83.3 Å². The predicted octanol–water partition coefficient (Wildman–Crippen LogP) is 15.5. The standard InChI is InChI=1S/C41H34N3O.C18H24GeN.Ir/c1-24(2)34-22-28(27-14-7-6-8-15-27)23-35(25(3)4)37(34)44-38-31-18-10-9-16-29(31)26(5)42-40(38)43-41(44)33-20-13-19-32-30-17-11-12-21-36(30)45-39(32)33;1-14(2)11-16-12-18(15-9-7-6-8-10-15)20-13-17(16)19(3,4)5;/h6-19,21-25H,1-5H3;6-9,12-14H,11H2,1-5H3;/q2*-1;. The molecule has 0 aliphatic heterocycles. The molecule has 4 aromatic heterocycles. The van der Waals surface area contributed by atoms with E-state index < -0.39 is 13.3 Å². The van der Waals surface area contributed by atoms with E-state index in [0.717, 1.165) is 84.3 Å². The Morgan fingerprint density at radius 1 is 0.652 bits per heavy atom. The van der Waals surface area contributed by atoms with Gasteiger partial charge in [-0.05, 0) is 59.2 Å². The summed E-state index contributed by atoms with van der Waals surface area (Å²) in [5.74, 6) is 9.28. The van der Waals surface area contributed by atoms with Crippen LogP contribution in [0.5, 0.6) is 0 Å². The number of pyridine rings is 2. The van der Waals surface area contributed by atoms with Crippen molar-refractivity contribution in [1.82, 2.24) is 19.5 Å². The van der Waals surface area contributed by atoms with Crippen LogP contribution in [0, 0.1) is 25.0 Å². The van der Waals surface area contributed by atoms with Crippen LogP contribution < -0.4 is 4.40 Å². The van der Waals surface area contributed by atoms with E-state index in [1.165, 1.54) is 27.8 Å². The summed E-state index contributed by atoms with van der Waals surface area (Å²) in [6.07, 6.45) is 3.27. The van der Waals surface area contributed by atoms with Crippen LogP contribution in [0.15, 0.2) is 144 Å². The van der Waals surface area contributed by atoms with Gasteiger partial charge in [0.1, 0.15) is 5.58 Å². The van der Waals surface area contributed by atoms with Crippen LogP contribution in [0.1, 0.15) is 75.8 Å². The molecular weight excluding hydrogens is 1050 g/mol. The molecule has 0 saturated heterocycles. The summed E-state index contributed by atoms with van der Waals surface area (Å²) in [4.78, 5) is 15.1. The molecule has 1 radical (unpaired) electrons. The number of nitrogens with zero attached hydrogens (tertiary/aromatic N) is 4. The molecule has 0 aliphatic carbocycles. The Morgan fingerprint density at radius 2 is 1.30 bits per heavy atom. The van der Waals surface area contributed by atoms with E-state index in [4.69, 9.17) is 19.4 Å². The molecule has 0 amide bonds. The van der Waals surface area contributed by atoms with Crippen molar-refractivity contribution in [2.24, 2.45) is 5.92 Å². The number of para-hydroxylation sites is 1. The molecule has 10 rings (SSSR count). The number of rotatable bonds is 9. The van der Waals surface area contributed by atoms with Gasteiger partial charge in [0.25, 0.3) is 0 Å². The minimum Gasteiger partial charge on any atom is -0.501 e. The molecule has 0 spiro atoms. The minimum absolute atomic E-state index is 0. The molecule has 0 unspecified atom stereocenters. The zero-order valence-electron chi connectivity index (χ0n) is 39.7. The summed E-state index contributed by atoms with van der Waals surface area (Å²) in [5, 5.41) is 4.40. The molecule has 4 heterocycles. The van der Waals surface area contributed by atoms with Gasteiger partial charge in [0.15, 0.2) is 5.65 Å². The summed E-state index contributed by atoms with van der Waals surface area (Å²) in [6, 6.07) is 53.4. The van der Waals surface area contributed by atoms with Crippen LogP contribution in [-0.4, -0.2) is 32.8 Å². The van der Waals surface area contributed by atoms with Crippen molar-refractivity contribution < 1.29 is 24.5 Å². The van der Waals surface area contributed by atoms with Crippen molar-refractivity contribution in [3.63, 3.8) is 0 Å². The van der Waals surface area contributed by atoms with E-state index in [1.807, 2.05) is 36.4 Å². The molecule has 0 saturated carbocycles. The summed E-state index contributed by atoms with van der Waals surface area (Å²) < 4.78 is 10.5. The first-order valence-corrected chi connectivity index (χ1v) is 30.4. The maximum absolute atomic E-state index is 6.56. The van der Waals surface area contributed by atoms with Crippen molar-refractivity contribution in [2.75, 3.05) is 0 Å². The Labute approximate surface area is 406 Å². The number of hydrogen-bond donors (Lipinski definition) is 0. The van der Waals surface area contributed by atoms with Crippen LogP contribution in [0.4, 0.5) is 0 Å². The molecule has 0 atom stereocenters. The third kappa shape index (κ3) is 9.08. The Kier molecular flexibility index (Phi) is 13.7. The Hall–Kier alpha value is -5.66. The molecule has 0 N–H and O–H groups in total. The smallest absolute Gasteiger partial charge is 0.169 e. The van der Waals surface area contributed by atoms with E-state index >= 15 is 0 Å². The molecule has 10 aromatic rings.